The molecule has 0 spiro atoms. The highest BCUT2D eigenvalue weighted by molar-refractivity contribution is 7.96. The number of hydrogen-bond donors (Lipinski definition) is 0. The van der Waals surface area contributed by atoms with Crippen molar-refractivity contribution in [3.63, 3.8) is 0 Å². The lowest BCUT2D eigenvalue weighted by molar-refractivity contribution is -0.384. The Kier molecular flexibility index (Phi) is 7.01. The summed E-state index contributed by atoms with van der Waals surface area (Å²) in [4.78, 5) is 21.9. The van der Waals surface area contributed by atoms with Gasteiger partial charge in [0.1, 0.15) is 4.91 Å². The number of Topliss-reactive ketones (excluding diaryl/α,β-unsaturated/α-hetero) is 1. The maximum atomic E-state index is 12.6. The summed E-state index contributed by atoms with van der Waals surface area (Å²) in [5.41, 5.74) is 1.28. The fourth-order valence-electron chi connectivity index (χ4n) is 2.67. The van der Waals surface area contributed by atoms with E-state index in [1.54, 1.807) is 0 Å². The number of nitro benzene ring substituents is 1. The maximum Gasteiger partial charge on any atom is 0.270 e. The molecule has 2 rings (SSSR count). The number of nitro groups is 1. The van der Waals surface area contributed by atoms with Crippen molar-refractivity contribution >= 4 is 27.4 Å². The highest BCUT2D eigenvalue weighted by Crippen LogP contribution is 2.20. The second kappa shape index (κ2) is 9.23. The number of aryl methyl sites for hydroxylation is 1. The predicted molar refractivity (Wildman–Crippen MR) is 105 cm³/mol. The van der Waals surface area contributed by atoms with Crippen molar-refractivity contribution in [1.82, 2.24) is 0 Å². The van der Waals surface area contributed by atoms with Crippen LogP contribution in [0.3, 0.4) is 0 Å². The number of unbranched alkanes of at least 4 members (excludes halogenated alkanes) is 1. The maximum absolute atomic E-state index is 12.6. The molecule has 7 heteroatoms. The number of non-ortho nitro benzene ring substituents is 1. The van der Waals surface area contributed by atoms with E-state index in [2.05, 4.69) is 0 Å². The zero-order valence-corrected chi connectivity index (χ0v) is 15.8. The molecule has 0 atom stereocenters. The van der Waals surface area contributed by atoms with Crippen molar-refractivity contribution in [1.29, 1.82) is 0 Å². The molecule has 0 aliphatic carbocycles. The van der Waals surface area contributed by atoms with E-state index < -0.39 is 20.5 Å². The molecule has 142 valence electrons. The lowest BCUT2D eigenvalue weighted by Gasteiger charge is -2.07. The molecular weight excluding hydrogens is 366 g/mol. The number of sulfone groups is 1. The van der Waals surface area contributed by atoms with Gasteiger partial charge in [-0.2, -0.15) is 0 Å². The van der Waals surface area contributed by atoms with Crippen LogP contribution in [0.25, 0.3) is 6.08 Å². The predicted octanol–water partition coefficient (Wildman–Crippen LogP) is 3.96. The van der Waals surface area contributed by atoms with E-state index in [4.69, 9.17) is 0 Å². The molecule has 0 unspecified atom stereocenters. The number of hydrogen-bond acceptors (Lipinski definition) is 5. The van der Waals surface area contributed by atoms with Gasteiger partial charge in [-0.25, -0.2) is 8.42 Å². The fourth-order valence-corrected chi connectivity index (χ4v) is 4.22. The summed E-state index contributed by atoms with van der Waals surface area (Å²) in [5.74, 6) is -0.718. The van der Waals surface area contributed by atoms with Gasteiger partial charge in [-0.3, -0.25) is 14.9 Å². The van der Waals surface area contributed by atoms with Gasteiger partial charge in [0.25, 0.3) is 5.69 Å². The molecule has 0 radical (unpaired) electrons. The summed E-state index contributed by atoms with van der Waals surface area (Å²) < 4.78 is 25.2. The van der Waals surface area contributed by atoms with E-state index in [1.807, 2.05) is 30.3 Å². The molecule has 0 N–H and O–H groups in total. The van der Waals surface area contributed by atoms with Gasteiger partial charge in [0.15, 0.2) is 15.6 Å². The minimum Gasteiger partial charge on any atom is -0.294 e. The van der Waals surface area contributed by atoms with Gasteiger partial charge in [0.05, 0.1) is 10.7 Å². The van der Waals surface area contributed by atoms with Crippen molar-refractivity contribution in [3.8, 4) is 0 Å². The van der Waals surface area contributed by atoms with Gasteiger partial charge >= 0.3 is 0 Å². The van der Waals surface area contributed by atoms with Gasteiger partial charge in [-0.15, -0.1) is 0 Å². The van der Waals surface area contributed by atoms with Gasteiger partial charge < -0.3 is 0 Å². The zero-order chi connectivity index (χ0) is 19.9. The third-order valence-electron chi connectivity index (χ3n) is 4.03. The molecule has 0 aliphatic heterocycles. The lowest BCUT2D eigenvalue weighted by atomic mass is 10.1. The molecule has 2 aromatic rings. The van der Waals surface area contributed by atoms with Crippen molar-refractivity contribution in [2.75, 3.05) is 5.75 Å². The van der Waals surface area contributed by atoms with Gasteiger partial charge in [-0.1, -0.05) is 42.5 Å². The van der Waals surface area contributed by atoms with Crippen LogP contribution in [0.2, 0.25) is 0 Å². The summed E-state index contributed by atoms with van der Waals surface area (Å²) in [6.45, 7) is 1.19. The second-order valence-electron chi connectivity index (χ2n) is 6.18. The number of nitrogens with zero attached hydrogens (tertiary/aromatic N) is 1. The summed E-state index contributed by atoms with van der Waals surface area (Å²) in [5, 5.41) is 10.9. The van der Waals surface area contributed by atoms with Gasteiger partial charge in [0.2, 0.25) is 0 Å². The number of rotatable bonds is 9. The first kappa shape index (κ1) is 20.5. The van der Waals surface area contributed by atoms with Crippen molar-refractivity contribution in [2.45, 2.75) is 26.2 Å². The Morgan fingerprint density at radius 2 is 1.78 bits per heavy atom. The normalized spacial score (nSPS) is 12.0. The Balaban J connectivity index is 2.10. The smallest absolute Gasteiger partial charge is 0.270 e. The number of benzene rings is 2. The van der Waals surface area contributed by atoms with Crippen molar-refractivity contribution in [2.24, 2.45) is 0 Å². The number of carbonyl (C=O) groups excluding carboxylic acids is 1. The molecule has 27 heavy (non-hydrogen) atoms. The Bertz CT molecular complexity index is 949. The van der Waals surface area contributed by atoms with Crippen LogP contribution in [0.15, 0.2) is 59.5 Å². The first-order valence-electron chi connectivity index (χ1n) is 8.53. The second-order valence-corrected chi connectivity index (χ2v) is 8.26. The highest BCUT2D eigenvalue weighted by atomic mass is 32.2. The third-order valence-corrected chi connectivity index (χ3v) is 5.93. The quantitative estimate of drug-likeness (QED) is 0.281. The van der Waals surface area contributed by atoms with Crippen LogP contribution < -0.4 is 0 Å². The number of carbonyl (C=O) groups is 1. The molecule has 2 aromatic carbocycles. The topological polar surface area (TPSA) is 94.3 Å². The Labute approximate surface area is 158 Å². The molecule has 0 saturated heterocycles. The molecule has 0 amide bonds. The summed E-state index contributed by atoms with van der Waals surface area (Å²) in [7, 11) is -3.77. The monoisotopic (exact) mass is 387 g/mol. The highest BCUT2D eigenvalue weighted by Gasteiger charge is 2.22. The Morgan fingerprint density at radius 3 is 2.41 bits per heavy atom. The standard InChI is InChI=1S/C20H21NO5S/c1-16(22)20(15-18-11-7-12-19(14-18)21(23)24)27(25,26)13-6-5-10-17-8-3-2-4-9-17/h2-4,7-9,11-12,14-15H,5-6,10,13H2,1H3. The summed E-state index contributed by atoms with van der Waals surface area (Å²) in [6, 6.07) is 15.3. The molecule has 0 heterocycles. The molecule has 6 nitrogen and oxygen atoms in total. The summed E-state index contributed by atoms with van der Waals surface area (Å²) >= 11 is 0. The first-order chi connectivity index (χ1) is 12.8. The molecular formula is C20H21NO5S. The zero-order valence-electron chi connectivity index (χ0n) is 15.0. The minimum atomic E-state index is -3.77. The molecule has 0 aliphatic rings. The molecule has 0 fully saturated rings. The number of allylic oxidation sites excluding steroid dienone is 1. The Morgan fingerprint density at radius 1 is 1.07 bits per heavy atom. The van der Waals surface area contributed by atoms with E-state index in [1.165, 1.54) is 37.3 Å². The molecule has 0 saturated carbocycles. The van der Waals surface area contributed by atoms with Crippen molar-refractivity contribution in [3.05, 3.63) is 80.7 Å². The fraction of sp³-hybridized carbons (Fsp3) is 0.250. The number of ketones is 1. The van der Waals surface area contributed by atoms with Crippen LogP contribution in [-0.4, -0.2) is 24.9 Å². The van der Waals surface area contributed by atoms with E-state index in [0.717, 1.165) is 12.0 Å². The first-order valence-corrected chi connectivity index (χ1v) is 10.2. The molecule has 0 aromatic heterocycles. The van der Waals surface area contributed by atoms with E-state index in [9.17, 15) is 23.3 Å². The van der Waals surface area contributed by atoms with Gasteiger partial charge in [-0.05, 0) is 43.4 Å². The third kappa shape index (κ3) is 6.14. The van der Waals surface area contributed by atoms with Crippen molar-refractivity contribution < 1.29 is 18.1 Å². The Hall–Kier alpha value is -2.80. The molecule has 0 bridgehead atoms. The van der Waals surface area contributed by atoms with E-state index >= 15 is 0 Å². The minimum absolute atomic E-state index is 0.139. The average molecular weight is 387 g/mol. The van der Waals surface area contributed by atoms with E-state index in [-0.39, 0.29) is 16.3 Å². The lowest BCUT2D eigenvalue weighted by Crippen LogP contribution is -2.15. The SMILES string of the molecule is CC(=O)C(=Cc1cccc([N+](=O)[O-])c1)S(=O)(=O)CCCCc1ccccc1. The van der Waals surface area contributed by atoms with Crippen LogP contribution in [0.1, 0.15) is 30.9 Å². The van der Waals surface area contributed by atoms with Crippen LogP contribution in [0.5, 0.6) is 0 Å². The summed E-state index contributed by atoms with van der Waals surface area (Å²) in [6.07, 6.45) is 3.09. The largest absolute Gasteiger partial charge is 0.294 e. The van der Waals surface area contributed by atoms with E-state index in [0.29, 0.717) is 18.4 Å². The van der Waals surface area contributed by atoms with Crippen LogP contribution in [-0.2, 0) is 21.1 Å². The van der Waals surface area contributed by atoms with Crippen LogP contribution in [0.4, 0.5) is 5.69 Å². The van der Waals surface area contributed by atoms with Crippen LogP contribution in [0, 0.1) is 10.1 Å². The van der Waals surface area contributed by atoms with Gasteiger partial charge in [0, 0.05) is 12.1 Å². The van der Waals surface area contributed by atoms with Crippen LogP contribution >= 0.6 is 0 Å². The average Bonchev–Trinajstić information content (AvgIpc) is 2.64.